The Morgan fingerprint density at radius 1 is 1.16 bits per heavy atom. The molecule has 1 amide bonds. The molecule has 0 saturated carbocycles. The number of nitrogens with zero attached hydrogens (tertiary/aromatic N) is 2. The van der Waals surface area contributed by atoms with Crippen molar-refractivity contribution in [3.05, 3.63) is 70.7 Å². The second-order valence-corrected chi connectivity index (χ2v) is 8.55. The molecule has 0 saturated heterocycles. The van der Waals surface area contributed by atoms with Gasteiger partial charge in [0.25, 0.3) is 11.8 Å². The lowest BCUT2D eigenvalue weighted by Gasteiger charge is -2.25. The Morgan fingerprint density at radius 2 is 1.84 bits per heavy atom. The van der Waals surface area contributed by atoms with Gasteiger partial charge in [0.1, 0.15) is 16.6 Å². The van der Waals surface area contributed by atoms with Crippen LogP contribution in [0, 0.1) is 20.8 Å². The molecule has 0 aliphatic rings. The molecule has 8 heteroatoms. The van der Waals surface area contributed by atoms with Gasteiger partial charge in [0.2, 0.25) is 0 Å². The van der Waals surface area contributed by atoms with E-state index in [0.717, 1.165) is 21.1 Å². The first-order chi connectivity index (χ1) is 14.6. The number of ether oxygens (including phenoxy) is 1. The van der Waals surface area contributed by atoms with Crippen molar-refractivity contribution in [1.82, 2.24) is 14.9 Å². The maximum Gasteiger partial charge on any atom is 0.290 e. The number of H-pyrrole nitrogens is 1. The molecule has 3 rings (SSSR count). The zero-order valence-corrected chi connectivity index (χ0v) is 18.9. The van der Waals surface area contributed by atoms with Crippen molar-refractivity contribution in [2.24, 2.45) is 0 Å². The molecule has 0 aliphatic carbocycles. The molecule has 164 valence electrons. The lowest BCUT2D eigenvalue weighted by atomic mass is 10.00. The largest absolute Gasteiger partial charge is 0.497 e. The summed E-state index contributed by atoms with van der Waals surface area (Å²) in [5.41, 5.74) is 1.45. The minimum atomic E-state index is -3.18. The van der Waals surface area contributed by atoms with Crippen LogP contribution in [0.5, 0.6) is 5.75 Å². The van der Waals surface area contributed by atoms with Gasteiger partial charge in [-0.1, -0.05) is 35.5 Å². The van der Waals surface area contributed by atoms with Gasteiger partial charge in [-0.2, -0.15) is 8.78 Å². The summed E-state index contributed by atoms with van der Waals surface area (Å²) in [6, 6.07) is 12.1. The predicted molar refractivity (Wildman–Crippen MR) is 117 cm³/mol. The number of carbonyl (C=O) groups excluding carboxylic acids is 1. The Bertz CT molecular complexity index is 1080. The van der Waals surface area contributed by atoms with Gasteiger partial charge < -0.3 is 14.6 Å². The van der Waals surface area contributed by atoms with E-state index in [0.29, 0.717) is 16.4 Å². The molecular formula is C23H25F2N3O2S. The number of carbonyl (C=O) groups is 1. The number of likely N-dealkylation sites (N-methyl/N-ethyl adjacent to an activating group) is 1. The zero-order valence-electron chi connectivity index (χ0n) is 18.1. The normalized spacial score (nSPS) is 11.5. The quantitative estimate of drug-likeness (QED) is 0.532. The fraction of sp³-hybridized carbons (Fsp3) is 0.304. The third-order valence-corrected chi connectivity index (χ3v) is 5.84. The fourth-order valence-electron chi connectivity index (χ4n) is 3.31. The summed E-state index contributed by atoms with van der Waals surface area (Å²) >= 11 is 1.31. The number of aromatic amines is 1. The number of rotatable bonds is 7. The van der Waals surface area contributed by atoms with Gasteiger partial charge in [0.05, 0.1) is 13.7 Å². The highest BCUT2D eigenvalue weighted by Gasteiger charge is 2.36. The van der Waals surface area contributed by atoms with Gasteiger partial charge in [-0.05, 0) is 50.6 Å². The van der Waals surface area contributed by atoms with E-state index in [1.807, 2.05) is 31.2 Å². The summed E-state index contributed by atoms with van der Waals surface area (Å²) < 4.78 is 35.1. The number of aromatic nitrogens is 2. The van der Waals surface area contributed by atoms with Crippen molar-refractivity contribution in [3.8, 4) is 5.75 Å². The number of methoxy groups -OCH3 is 1. The van der Waals surface area contributed by atoms with Crippen molar-refractivity contribution in [2.45, 2.75) is 36.6 Å². The third-order valence-electron chi connectivity index (χ3n) is 4.83. The van der Waals surface area contributed by atoms with Crippen LogP contribution in [0.4, 0.5) is 8.78 Å². The topological polar surface area (TPSA) is 58.2 Å². The standard InChI is InChI=1S/C23H25F2N3O2S/c1-14-6-11-19(15(2)12-14)23(24,25)13-28(4)22(29)20-21(27-16(3)26-20)31-18-9-7-17(30-5)8-10-18/h6-12H,13H2,1-5H3,(H,26,27). The van der Waals surface area contributed by atoms with Crippen LogP contribution in [0.25, 0.3) is 0 Å². The Balaban J connectivity index is 1.80. The Hall–Kier alpha value is -2.87. The van der Waals surface area contributed by atoms with E-state index in [4.69, 9.17) is 4.74 Å². The van der Waals surface area contributed by atoms with E-state index >= 15 is 0 Å². The molecule has 1 aromatic heterocycles. The number of amides is 1. The van der Waals surface area contributed by atoms with Gasteiger partial charge in [0, 0.05) is 17.5 Å². The van der Waals surface area contributed by atoms with Crippen LogP contribution in [0.1, 0.15) is 33.0 Å². The maximum atomic E-state index is 15.0. The smallest absolute Gasteiger partial charge is 0.290 e. The van der Waals surface area contributed by atoms with Gasteiger partial charge in [-0.15, -0.1) is 0 Å². The summed E-state index contributed by atoms with van der Waals surface area (Å²) in [6.45, 7) is 4.48. The Morgan fingerprint density at radius 3 is 2.45 bits per heavy atom. The molecule has 1 heterocycles. The second kappa shape index (κ2) is 9.09. The monoisotopic (exact) mass is 445 g/mol. The zero-order chi connectivity index (χ0) is 22.8. The minimum absolute atomic E-state index is 0.0798. The number of imidazole rings is 1. The molecule has 0 unspecified atom stereocenters. The van der Waals surface area contributed by atoms with Crippen molar-refractivity contribution < 1.29 is 18.3 Å². The molecule has 31 heavy (non-hydrogen) atoms. The summed E-state index contributed by atoms with van der Waals surface area (Å²) in [6.07, 6.45) is 0. The lowest BCUT2D eigenvalue weighted by molar-refractivity contribution is -0.0286. The number of aryl methyl sites for hydroxylation is 3. The van der Waals surface area contributed by atoms with Crippen LogP contribution < -0.4 is 4.74 Å². The molecule has 2 aromatic carbocycles. The van der Waals surface area contributed by atoms with Crippen molar-refractivity contribution in [3.63, 3.8) is 0 Å². The van der Waals surface area contributed by atoms with E-state index in [-0.39, 0.29) is 11.3 Å². The van der Waals surface area contributed by atoms with Gasteiger partial charge in [-0.3, -0.25) is 4.79 Å². The molecule has 0 atom stereocenters. The van der Waals surface area contributed by atoms with Crippen molar-refractivity contribution in [1.29, 1.82) is 0 Å². The number of nitrogens with one attached hydrogen (secondary N) is 1. The molecule has 0 radical (unpaired) electrons. The highest BCUT2D eigenvalue weighted by Crippen LogP contribution is 2.34. The average molecular weight is 446 g/mol. The molecule has 5 nitrogen and oxygen atoms in total. The fourth-order valence-corrected chi connectivity index (χ4v) is 4.25. The number of hydrogen-bond acceptors (Lipinski definition) is 4. The van der Waals surface area contributed by atoms with Crippen LogP contribution >= 0.6 is 11.8 Å². The summed E-state index contributed by atoms with van der Waals surface area (Å²) in [5, 5.41) is 0.509. The second-order valence-electron chi connectivity index (χ2n) is 7.46. The SMILES string of the molecule is COc1ccc(Sc2[nH]c(C)nc2C(=O)N(C)CC(F)(F)c2ccc(C)cc2C)cc1. The predicted octanol–water partition coefficient (Wildman–Crippen LogP) is 5.36. The van der Waals surface area contributed by atoms with Crippen LogP contribution in [0.3, 0.4) is 0 Å². The Labute approximate surface area is 184 Å². The van der Waals surface area contributed by atoms with Crippen LogP contribution in [-0.2, 0) is 5.92 Å². The van der Waals surface area contributed by atoms with E-state index < -0.39 is 18.4 Å². The summed E-state index contributed by atoms with van der Waals surface area (Å²) in [5.74, 6) is -2.50. The van der Waals surface area contributed by atoms with E-state index in [9.17, 15) is 13.6 Å². The minimum Gasteiger partial charge on any atom is -0.497 e. The van der Waals surface area contributed by atoms with E-state index in [1.54, 1.807) is 33.1 Å². The number of benzene rings is 2. The Kier molecular flexibility index (Phi) is 6.69. The molecule has 1 N–H and O–H groups in total. The van der Waals surface area contributed by atoms with Gasteiger partial charge in [-0.25, -0.2) is 4.98 Å². The number of alkyl halides is 2. The first-order valence-electron chi connectivity index (χ1n) is 9.70. The first kappa shape index (κ1) is 22.8. The van der Waals surface area contributed by atoms with E-state index in [2.05, 4.69) is 9.97 Å². The molecular weight excluding hydrogens is 420 g/mol. The third kappa shape index (κ3) is 5.25. The number of hydrogen-bond donors (Lipinski definition) is 1. The summed E-state index contributed by atoms with van der Waals surface area (Å²) in [7, 11) is 2.95. The lowest BCUT2D eigenvalue weighted by Crippen LogP contribution is -2.37. The van der Waals surface area contributed by atoms with Crippen LogP contribution in [0.2, 0.25) is 0 Å². The maximum absolute atomic E-state index is 15.0. The van der Waals surface area contributed by atoms with E-state index in [1.165, 1.54) is 24.9 Å². The van der Waals surface area contributed by atoms with Gasteiger partial charge >= 0.3 is 0 Å². The highest BCUT2D eigenvalue weighted by molar-refractivity contribution is 7.99. The van der Waals surface area contributed by atoms with Crippen molar-refractivity contribution >= 4 is 17.7 Å². The average Bonchev–Trinajstić information content (AvgIpc) is 3.07. The van der Waals surface area contributed by atoms with Crippen LogP contribution in [0.15, 0.2) is 52.4 Å². The molecule has 0 fully saturated rings. The molecule has 0 aliphatic heterocycles. The molecule has 0 spiro atoms. The van der Waals surface area contributed by atoms with Crippen molar-refractivity contribution in [2.75, 3.05) is 20.7 Å². The highest BCUT2D eigenvalue weighted by atomic mass is 32.2. The molecule has 3 aromatic rings. The molecule has 0 bridgehead atoms. The number of halogens is 2. The van der Waals surface area contributed by atoms with Crippen LogP contribution in [-0.4, -0.2) is 41.5 Å². The van der Waals surface area contributed by atoms with Gasteiger partial charge in [0.15, 0.2) is 5.69 Å². The summed E-state index contributed by atoms with van der Waals surface area (Å²) in [4.78, 5) is 22.2. The first-order valence-corrected chi connectivity index (χ1v) is 10.5.